The first-order valence-corrected chi connectivity index (χ1v) is 6.76. The first kappa shape index (κ1) is 16.3. The standard InChI is InChI=1S/C14H10F5N3O2/c1-6-5-24-12(21-6)7-2-10(20-4-9(7)14(17,18)19)22-11(23)8-3-13(8,15)16/h2,4-5,8H,3H2,1H3,(H,20,22,23)/t8-/m1/s1. The van der Waals surface area contributed by atoms with Gasteiger partial charge in [0.25, 0.3) is 5.92 Å². The fraction of sp³-hybridized carbons (Fsp3) is 0.357. The maximum Gasteiger partial charge on any atom is 0.418 e. The highest BCUT2D eigenvalue weighted by Gasteiger charge is 2.61. The van der Waals surface area contributed by atoms with Crippen LogP contribution in [-0.2, 0) is 11.0 Å². The second-order valence-corrected chi connectivity index (χ2v) is 5.41. The summed E-state index contributed by atoms with van der Waals surface area (Å²) >= 11 is 0. The average molecular weight is 347 g/mol. The van der Waals surface area contributed by atoms with Crippen LogP contribution in [-0.4, -0.2) is 21.8 Å². The molecule has 0 spiro atoms. The largest absolute Gasteiger partial charge is 0.444 e. The quantitative estimate of drug-likeness (QED) is 0.861. The van der Waals surface area contributed by atoms with E-state index in [1.807, 2.05) is 0 Å². The van der Waals surface area contributed by atoms with Crippen LogP contribution in [0.2, 0.25) is 0 Å². The molecular formula is C14H10F5N3O2. The lowest BCUT2D eigenvalue weighted by molar-refractivity contribution is -0.137. The predicted octanol–water partition coefficient (Wildman–Crippen LogP) is 3.66. The molecule has 0 aliphatic heterocycles. The van der Waals surface area contributed by atoms with Gasteiger partial charge in [0.15, 0.2) is 0 Å². The van der Waals surface area contributed by atoms with Crippen molar-refractivity contribution in [3.05, 3.63) is 29.8 Å². The highest BCUT2D eigenvalue weighted by Crippen LogP contribution is 2.49. The number of nitrogens with one attached hydrogen (secondary N) is 1. The Morgan fingerprint density at radius 1 is 1.42 bits per heavy atom. The summed E-state index contributed by atoms with van der Waals surface area (Å²) in [5.74, 6) is -6.18. The van der Waals surface area contributed by atoms with Crippen LogP contribution in [0.3, 0.4) is 0 Å². The van der Waals surface area contributed by atoms with Crippen LogP contribution in [0.4, 0.5) is 27.8 Å². The molecule has 0 saturated heterocycles. The van der Waals surface area contributed by atoms with Gasteiger partial charge in [-0.15, -0.1) is 0 Å². The van der Waals surface area contributed by atoms with Crippen LogP contribution in [0.25, 0.3) is 11.5 Å². The molecular weight excluding hydrogens is 337 g/mol. The molecule has 1 amide bonds. The molecule has 1 N–H and O–H groups in total. The highest BCUT2D eigenvalue weighted by molar-refractivity contribution is 5.95. The monoisotopic (exact) mass is 347 g/mol. The minimum atomic E-state index is -4.73. The zero-order valence-corrected chi connectivity index (χ0v) is 12.1. The van der Waals surface area contributed by atoms with Crippen LogP contribution in [0.5, 0.6) is 0 Å². The molecule has 1 saturated carbocycles. The fourth-order valence-corrected chi connectivity index (χ4v) is 2.12. The van der Waals surface area contributed by atoms with Gasteiger partial charge in [0.2, 0.25) is 11.8 Å². The summed E-state index contributed by atoms with van der Waals surface area (Å²) in [5.41, 5.74) is -1.19. The maximum absolute atomic E-state index is 13.1. The van der Waals surface area contributed by atoms with Crippen molar-refractivity contribution in [1.29, 1.82) is 0 Å². The van der Waals surface area contributed by atoms with Crippen molar-refractivity contribution in [2.24, 2.45) is 5.92 Å². The first-order valence-electron chi connectivity index (χ1n) is 6.76. The van der Waals surface area contributed by atoms with E-state index in [4.69, 9.17) is 4.42 Å². The highest BCUT2D eigenvalue weighted by atomic mass is 19.4. The minimum absolute atomic E-state index is 0.290. The lowest BCUT2D eigenvalue weighted by atomic mass is 10.1. The summed E-state index contributed by atoms with van der Waals surface area (Å²) < 4.78 is 69.9. The van der Waals surface area contributed by atoms with E-state index in [0.29, 0.717) is 11.9 Å². The Morgan fingerprint density at radius 3 is 2.58 bits per heavy atom. The van der Waals surface area contributed by atoms with E-state index in [9.17, 15) is 26.7 Å². The Kier molecular flexibility index (Phi) is 3.57. The van der Waals surface area contributed by atoms with E-state index in [1.54, 1.807) is 0 Å². The molecule has 2 aromatic rings. The van der Waals surface area contributed by atoms with Crippen molar-refractivity contribution in [3.63, 3.8) is 0 Å². The molecule has 1 fully saturated rings. The number of aryl methyl sites for hydroxylation is 1. The molecule has 10 heteroatoms. The Morgan fingerprint density at radius 2 is 2.08 bits per heavy atom. The topological polar surface area (TPSA) is 68.0 Å². The summed E-state index contributed by atoms with van der Waals surface area (Å²) in [5, 5.41) is 2.09. The van der Waals surface area contributed by atoms with Gasteiger partial charge < -0.3 is 9.73 Å². The smallest absolute Gasteiger partial charge is 0.418 e. The van der Waals surface area contributed by atoms with Gasteiger partial charge in [-0.1, -0.05) is 0 Å². The number of halogens is 5. The van der Waals surface area contributed by atoms with Crippen LogP contribution in [0, 0.1) is 12.8 Å². The number of rotatable bonds is 3. The predicted molar refractivity (Wildman–Crippen MR) is 71.2 cm³/mol. The molecule has 0 radical (unpaired) electrons. The van der Waals surface area contributed by atoms with Crippen LogP contribution < -0.4 is 5.32 Å². The summed E-state index contributed by atoms with van der Waals surface area (Å²) in [6.45, 7) is 1.53. The van der Waals surface area contributed by atoms with Gasteiger partial charge in [-0.25, -0.2) is 18.7 Å². The Labute approximate surface area is 131 Å². The molecule has 5 nitrogen and oxygen atoms in total. The molecule has 128 valence electrons. The van der Waals surface area contributed by atoms with E-state index in [0.717, 1.165) is 6.07 Å². The summed E-state index contributed by atoms with van der Waals surface area (Å²) in [7, 11) is 0. The number of oxazole rings is 1. The van der Waals surface area contributed by atoms with Gasteiger partial charge in [0, 0.05) is 12.6 Å². The molecule has 1 aliphatic carbocycles. The number of alkyl halides is 5. The molecule has 1 aliphatic rings. The second kappa shape index (κ2) is 5.25. The van der Waals surface area contributed by atoms with Gasteiger partial charge in [-0.2, -0.15) is 13.2 Å². The van der Waals surface area contributed by atoms with Gasteiger partial charge in [-0.05, 0) is 13.0 Å². The first-order chi connectivity index (χ1) is 11.1. The van der Waals surface area contributed by atoms with Crippen LogP contribution >= 0.6 is 0 Å². The lowest BCUT2D eigenvalue weighted by Crippen LogP contribution is -2.19. The molecule has 24 heavy (non-hydrogen) atoms. The number of aromatic nitrogens is 2. The number of amides is 1. The van der Waals surface area contributed by atoms with Crippen LogP contribution in [0.15, 0.2) is 22.9 Å². The number of carbonyl (C=O) groups excluding carboxylic acids is 1. The van der Waals surface area contributed by atoms with Crippen molar-refractivity contribution in [3.8, 4) is 11.5 Å². The summed E-state index contributed by atoms with van der Waals surface area (Å²) in [6.07, 6.45) is -3.66. The van der Waals surface area contributed by atoms with Crippen molar-refractivity contribution < 1.29 is 31.2 Å². The Balaban J connectivity index is 1.94. The lowest BCUT2D eigenvalue weighted by Gasteiger charge is -2.12. The number of carbonyl (C=O) groups is 1. The molecule has 0 aromatic carbocycles. The van der Waals surface area contributed by atoms with Crippen LogP contribution in [0.1, 0.15) is 17.7 Å². The number of hydrogen-bond acceptors (Lipinski definition) is 4. The van der Waals surface area contributed by atoms with Crippen molar-refractivity contribution in [1.82, 2.24) is 9.97 Å². The normalized spacial score (nSPS) is 19.2. The van der Waals surface area contributed by atoms with Crippen molar-refractivity contribution in [2.45, 2.75) is 25.4 Å². The van der Waals surface area contributed by atoms with Gasteiger partial charge >= 0.3 is 6.18 Å². The molecule has 3 rings (SSSR count). The van der Waals surface area contributed by atoms with Crippen molar-refractivity contribution in [2.75, 3.05) is 5.32 Å². The third kappa shape index (κ3) is 3.08. The number of anilines is 1. The number of nitrogens with zero attached hydrogens (tertiary/aromatic N) is 2. The van der Waals surface area contributed by atoms with E-state index in [2.05, 4.69) is 15.3 Å². The molecule has 1 atom stereocenters. The fourth-order valence-electron chi connectivity index (χ4n) is 2.12. The minimum Gasteiger partial charge on any atom is -0.444 e. The zero-order valence-electron chi connectivity index (χ0n) is 12.1. The van der Waals surface area contributed by atoms with Crippen molar-refractivity contribution >= 4 is 11.7 Å². The summed E-state index contributed by atoms with van der Waals surface area (Å²) in [6, 6.07) is 0.895. The van der Waals surface area contributed by atoms with E-state index in [-0.39, 0.29) is 11.7 Å². The third-order valence-corrected chi connectivity index (χ3v) is 3.45. The van der Waals surface area contributed by atoms with Gasteiger partial charge in [0.05, 0.1) is 16.8 Å². The number of pyridine rings is 1. The molecule has 0 unspecified atom stereocenters. The van der Waals surface area contributed by atoms with E-state index >= 15 is 0 Å². The van der Waals surface area contributed by atoms with Gasteiger partial charge in [-0.3, -0.25) is 4.79 Å². The SMILES string of the molecule is Cc1coc(-c2cc(NC(=O)[C@H]3CC3(F)F)ncc2C(F)(F)F)n1. The Bertz CT molecular complexity index is 800. The van der Waals surface area contributed by atoms with Gasteiger partial charge in [0.1, 0.15) is 18.0 Å². The Hall–Kier alpha value is -2.52. The maximum atomic E-state index is 13.1. The molecule has 0 bridgehead atoms. The second-order valence-electron chi connectivity index (χ2n) is 5.41. The third-order valence-electron chi connectivity index (χ3n) is 3.45. The van der Waals surface area contributed by atoms with E-state index < -0.39 is 41.5 Å². The summed E-state index contributed by atoms with van der Waals surface area (Å²) in [4.78, 5) is 18.9. The van der Waals surface area contributed by atoms with E-state index in [1.165, 1.54) is 13.2 Å². The average Bonchev–Trinajstić information content (AvgIpc) is 2.89. The molecule has 2 aromatic heterocycles. The zero-order chi connectivity index (χ0) is 17.7. The molecule has 2 heterocycles. The number of hydrogen-bond donors (Lipinski definition) is 1.